The van der Waals surface area contributed by atoms with E-state index >= 15 is 0 Å². The van der Waals surface area contributed by atoms with Gasteiger partial charge in [-0.2, -0.15) is 0 Å². The molecule has 0 aromatic heterocycles. The molecule has 1 aromatic rings. The summed E-state index contributed by atoms with van der Waals surface area (Å²) in [6.07, 6.45) is 8.70. The van der Waals surface area contributed by atoms with Crippen molar-refractivity contribution in [3.63, 3.8) is 0 Å². The maximum absolute atomic E-state index is 13.0. The van der Waals surface area contributed by atoms with Gasteiger partial charge in [-0.05, 0) is 88.8 Å². The van der Waals surface area contributed by atoms with Gasteiger partial charge in [0.1, 0.15) is 0 Å². The van der Waals surface area contributed by atoms with Gasteiger partial charge >= 0.3 is 0 Å². The van der Waals surface area contributed by atoms with Gasteiger partial charge in [0.25, 0.3) is 5.91 Å². The van der Waals surface area contributed by atoms with Gasteiger partial charge in [-0.1, -0.05) is 25.8 Å². The lowest BCUT2D eigenvalue weighted by molar-refractivity contribution is 0.0626. The quantitative estimate of drug-likeness (QED) is 0.219. The normalized spacial score (nSPS) is 34.1. The largest absolute Gasteiger partial charge is 0.382 e. The van der Waals surface area contributed by atoms with E-state index in [2.05, 4.69) is 67.7 Å². The summed E-state index contributed by atoms with van der Waals surface area (Å²) in [5.74, 6) is 1.21. The van der Waals surface area contributed by atoms with Crippen LogP contribution in [0.1, 0.15) is 62.2 Å². The van der Waals surface area contributed by atoms with Gasteiger partial charge in [0.15, 0.2) is 0 Å². The standard InChI is InChI=1S/C29H51N9O/c1-3-20-16-31-12-10-22(20)17-34-29(39)21-6-4-8-24(14-21)33-18-27-36-37-28(26-11-13-32-19-35-26)38(27)25-9-5-7-23(15-25)30-2/h4,6,8,14,20,22-23,25-28,30-33,35-37H,3,5,7,9-13,15-19H2,1-2H3,(H,34,39)/t20?,22?,23-,25+,26?,27?,28?/m0/s1. The summed E-state index contributed by atoms with van der Waals surface area (Å²) in [5, 5.41) is 21.0. The van der Waals surface area contributed by atoms with Crippen molar-refractivity contribution in [2.24, 2.45) is 11.8 Å². The first-order valence-electron chi connectivity index (χ1n) is 15.4. The van der Waals surface area contributed by atoms with E-state index in [0.717, 1.165) is 69.9 Å². The number of hydrogen-bond acceptors (Lipinski definition) is 9. The van der Waals surface area contributed by atoms with Crippen molar-refractivity contribution in [1.82, 2.24) is 42.3 Å². The number of hydrazine groups is 1. The number of carbonyl (C=O) groups is 1. The highest BCUT2D eigenvalue weighted by Crippen LogP contribution is 2.29. The maximum atomic E-state index is 13.0. The molecule has 4 fully saturated rings. The van der Waals surface area contributed by atoms with Crippen LogP contribution in [-0.4, -0.2) is 87.7 Å². The van der Waals surface area contributed by atoms with Crippen LogP contribution in [-0.2, 0) is 0 Å². The Morgan fingerprint density at radius 1 is 1.05 bits per heavy atom. The Labute approximate surface area is 234 Å². The molecule has 3 aliphatic heterocycles. The van der Waals surface area contributed by atoms with Crippen LogP contribution in [0.2, 0.25) is 0 Å². The van der Waals surface area contributed by atoms with Crippen LogP contribution >= 0.6 is 0 Å². The number of nitrogens with zero attached hydrogens (tertiary/aromatic N) is 1. The van der Waals surface area contributed by atoms with Crippen molar-refractivity contribution in [2.45, 2.75) is 82.3 Å². The molecule has 3 saturated heterocycles. The molecular formula is C29H51N9O. The molecule has 1 amide bonds. The predicted octanol–water partition coefficient (Wildman–Crippen LogP) is 0.966. The van der Waals surface area contributed by atoms with Crippen LogP contribution in [0.25, 0.3) is 0 Å². The van der Waals surface area contributed by atoms with Crippen molar-refractivity contribution in [1.29, 1.82) is 0 Å². The average molecular weight is 542 g/mol. The summed E-state index contributed by atoms with van der Waals surface area (Å²) in [6, 6.07) is 9.45. The first kappa shape index (κ1) is 28.7. The molecule has 1 saturated carbocycles. The van der Waals surface area contributed by atoms with Gasteiger partial charge < -0.3 is 26.6 Å². The summed E-state index contributed by atoms with van der Waals surface area (Å²) in [6.45, 7) is 7.76. The van der Waals surface area contributed by atoms with Gasteiger partial charge in [-0.3, -0.25) is 15.0 Å². The number of benzene rings is 1. The zero-order chi connectivity index (χ0) is 27.0. The SMILES string of the molecule is CCC1CNCCC1CNC(=O)c1cccc(NCC2NNC(C3CCNCN3)N2[C@@H]2CCC[C@H](NC)C2)c1. The number of anilines is 1. The number of amides is 1. The molecule has 218 valence electrons. The second kappa shape index (κ2) is 14.2. The van der Waals surface area contributed by atoms with E-state index in [1.165, 1.54) is 25.7 Å². The molecule has 10 nitrogen and oxygen atoms in total. The van der Waals surface area contributed by atoms with E-state index < -0.39 is 0 Å². The fourth-order valence-corrected chi connectivity index (χ4v) is 7.12. The smallest absolute Gasteiger partial charge is 0.251 e. The van der Waals surface area contributed by atoms with E-state index in [1.54, 1.807) is 0 Å². The molecule has 5 rings (SSSR count). The number of hydrogen-bond donors (Lipinski definition) is 8. The minimum Gasteiger partial charge on any atom is -0.382 e. The Balaban J connectivity index is 1.20. The zero-order valence-electron chi connectivity index (χ0n) is 23.9. The lowest BCUT2D eigenvalue weighted by Crippen LogP contribution is -2.61. The van der Waals surface area contributed by atoms with Crippen LogP contribution < -0.4 is 42.8 Å². The molecule has 5 unspecified atom stereocenters. The third kappa shape index (κ3) is 7.30. The molecule has 1 aliphatic carbocycles. The van der Waals surface area contributed by atoms with E-state index in [4.69, 9.17) is 0 Å². The van der Waals surface area contributed by atoms with Crippen LogP contribution in [0.3, 0.4) is 0 Å². The molecule has 7 atom stereocenters. The van der Waals surface area contributed by atoms with Gasteiger partial charge in [0.2, 0.25) is 0 Å². The molecule has 3 heterocycles. The summed E-state index contributed by atoms with van der Waals surface area (Å²) in [7, 11) is 2.09. The number of nitrogens with one attached hydrogen (secondary N) is 8. The molecule has 8 N–H and O–H groups in total. The Hall–Kier alpha value is -1.79. The van der Waals surface area contributed by atoms with E-state index in [1.807, 2.05) is 18.2 Å². The Kier molecular flexibility index (Phi) is 10.5. The average Bonchev–Trinajstić information content (AvgIpc) is 3.43. The predicted molar refractivity (Wildman–Crippen MR) is 157 cm³/mol. The van der Waals surface area contributed by atoms with Gasteiger partial charge in [0, 0.05) is 49.1 Å². The molecule has 39 heavy (non-hydrogen) atoms. The Morgan fingerprint density at radius 2 is 1.95 bits per heavy atom. The minimum atomic E-state index is 0.0201. The fourth-order valence-electron chi connectivity index (χ4n) is 7.12. The van der Waals surface area contributed by atoms with Crippen molar-refractivity contribution in [3.8, 4) is 0 Å². The molecule has 1 aromatic carbocycles. The lowest BCUT2D eigenvalue weighted by atomic mass is 9.84. The molecule has 10 heteroatoms. The highest BCUT2D eigenvalue weighted by molar-refractivity contribution is 5.95. The number of piperidine rings is 1. The fraction of sp³-hybridized carbons (Fsp3) is 0.759. The minimum absolute atomic E-state index is 0.0201. The molecule has 0 spiro atoms. The Morgan fingerprint density at radius 3 is 2.77 bits per heavy atom. The topological polar surface area (TPSA) is 117 Å². The van der Waals surface area contributed by atoms with Crippen molar-refractivity contribution >= 4 is 11.6 Å². The first-order valence-corrected chi connectivity index (χ1v) is 15.4. The van der Waals surface area contributed by atoms with Crippen LogP contribution in [0.15, 0.2) is 24.3 Å². The molecule has 4 aliphatic rings. The summed E-state index contributed by atoms with van der Waals surface area (Å²) >= 11 is 0. The molecular weight excluding hydrogens is 490 g/mol. The van der Waals surface area contributed by atoms with Crippen molar-refractivity contribution in [3.05, 3.63) is 29.8 Å². The Bertz CT molecular complexity index is 910. The highest BCUT2D eigenvalue weighted by atomic mass is 16.1. The van der Waals surface area contributed by atoms with Crippen LogP contribution in [0.4, 0.5) is 5.69 Å². The van der Waals surface area contributed by atoms with Gasteiger partial charge in [0.05, 0.1) is 12.3 Å². The van der Waals surface area contributed by atoms with E-state index in [0.29, 0.717) is 30.0 Å². The number of rotatable bonds is 10. The van der Waals surface area contributed by atoms with E-state index in [-0.39, 0.29) is 18.2 Å². The molecule has 0 bridgehead atoms. The van der Waals surface area contributed by atoms with Gasteiger partial charge in [-0.15, -0.1) is 0 Å². The van der Waals surface area contributed by atoms with Crippen molar-refractivity contribution in [2.75, 3.05) is 51.8 Å². The second-order valence-corrected chi connectivity index (χ2v) is 11.9. The lowest BCUT2D eigenvalue weighted by Gasteiger charge is -2.43. The zero-order valence-corrected chi connectivity index (χ0v) is 23.9. The second-order valence-electron chi connectivity index (χ2n) is 11.9. The third-order valence-corrected chi connectivity index (χ3v) is 9.50. The molecule has 0 radical (unpaired) electrons. The summed E-state index contributed by atoms with van der Waals surface area (Å²) < 4.78 is 0. The number of carbonyl (C=O) groups excluding carboxylic acids is 1. The van der Waals surface area contributed by atoms with Crippen LogP contribution in [0.5, 0.6) is 0 Å². The monoisotopic (exact) mass is 541 g/mol. The maximum Gasteiger partial charge on any atom is 0.251 e. The van der Waals surface area contributed by atoms with E-state index in [9.17, 15) is 4.79 Å². The summed E-state index contributed by atoms with van der Waals surface area (Å²) in [5.41, 5.74) is 8.95. The van der Waals surface area contributed by atoms with Crippen molar-refractivity contribution < 1.29 is 4.79 Å². The highest BCUT2D eigenvalue weighted by Gasteiger charge is 2.43. The van der Waals surface area contributed by atoms with Gasteiger partial charge in [-0.25, -0.2) is 10.9 Å². The summed E-state index contributed by atoms with van der Waals surface area (Å²) in [4.78, 5) is 15.7. The third-order valence-electron chi connectivity index (χ3n) is 9.50. The van der Waals surface area contributed by atoms with Crippen LogP contribution in [0, 0.1) is 11.8 Å². The first-order chi connectivity index (χ1) is 19.2.